The highest BCUT2D eigenvalue weighted by Gasteiger charge is 2.55. The van der Waals surface area contributed by atoms with Crippen molar-refractivity contribution >= 4 is 46.8 Å². The summed E-state index contributed by atoms with van der Waals surface area (Å²) < 4.78 is 14.9. The molecule has 8 nitrogen and oxygen atoms in total. The standard InChI is InChI=1S/C33H39Cl2FN6O2S/c1-4-21-16-38-33(11-12-33)17-41(21)30(43)24-6-5-13-40(24)31(44)29-27(18(2)3)42-28(19-7-9-22(34)23(36)14-19)26(39-32(42)45-29)20-8-10-25(35)37-15-20/h7-10,14-15,18,21,24,26,28,32,38-39H,4-6,11-13,16-17H2,1-3H3/p+1/t21-,24+,26?,28-,32?/m1/s1. The maximum absolute atomic E-state index is 14.9. The Morgan fingerprint density at radius 2 is 1.96 bits per heavy atom. The Labute approximate surface area is 278 Å². The van der Waals surface area contributed by atoms with Crippen LogP contribution in [0, 0.1) is 11.7 Å². The number of thioether (sulfide) groups is 1. The number of fused-ring (bicyclic) bond motifs is 1. The number of quaternary nitrogens is 1. The van der Waals surface area contributed by atoms with Crippen molar-refractivity contribution in [2.24, 2.45) is 5.92 Å². The summed E-state index contributed by atoms with van der Waals surface area (Å²) in [6, 6.07) is 7.99. The van der Waals surface area contributed by atoms with E-state index in [9.17, 15) is 14.0 Å². The number of carbonyl (C=O) groups excluding carboxylic acids is 2. The van der Waals surface area contributed by atoms with Gasteiger partial charge < -0.3 is 25.3 Å². The third kappa shape index (κ3) is 5.54. The second-order valence-corrected chi connectivity index (χ2v) is 15.3. The number of aromatic nitrogens is 1. The van der Waals surface area contributed by atoms with E-state index >= 15 is 0 Å². The molecule has 4 aliphatic heterocycles. The molecule has 0 bridgehead atoms. The number of carbonyl (C=O) groups is 2. The summed E-state index contributed by atoms with van der Waals surface area (Å²) in [6.45, 7) is 8.42. The highest BCUT2D eigenvalue weighted by molar-refractivity contribution is 8.04. The van der Waals surface area contributed by atoms with E-state index in [-0.39, 0.29) is 51.9 Å². The molecule has 2 unspecified atom stereocenters. The topological polar surface area (TPSA) is 85.4 Å². The zero-order chi connectivity index (χ0) is 31.6. The number of hydrogen-bond donors (Lipinski definition) is 2. The van der Waals surface area contributed by atoms with Gasteiger partial charge in [-0.05, 0) is 79.6 Å². The lowest BCUT2D eigenvalue weighted by atomic mass is 9.93. The minimum Gasteiger partial charge on any atom is -0.335 e. The molecule has 0 radical (unpaired) electrons. The second kappa shape index (κ2) is 12.0. The normalized spacial score (nSPS) is 28.9. The van der Waals surface area contributed by atoms with Gasteiger partial charge in [-0.3, -0.25) is 9.59 Å². The van der Waals surface area contributed by atoms with Gasteiger partial charge in [-0.2, -0.15) is 0 Å². The van der Waals surface area contributed by atoms with Gasteiger partial charge in [0.15, 0.2) is 0 Å². The Morgan fingerprint density at radius 3 is 2.62 bits per heavy atom. The van der Waals surface area contributed by atoms with Crippen LogP contribution in [-0.2, 0) is 9.59 Å². The fourth-order valence-corrected chi connectivity index (χ4v) is 9.46. The van der Waals surface area contributed by atoms with E-state index in [1.165, 1.54) is 6.07 Å². The van der Waals surface area contributed by atoms with E-state index in [0.717, 1.165) is 55.6 Å². The third-order valence-electron chi connectivity index (χ3n) is 10.2. The van der Waals surface area contributed by atoms with Gasteiger partial charge in [0.2, 0.25) is 11.4 Å². The summed E-state index contributed by atoms with van der Waals surface area (Å²) in [5.41, 5.74) is 2.59. The first-order chi connectivity index (χ1) is 21.6. The number of halogens is 3. The fourth-order valence-electron chi connectivity index (χ4n) is 7.70. The summed E-state index contributed by atoms with van der Waals surface area (Å²) in [5.74, 6) is -0.446. The molecular formula is C33H40Cl2FN6O2S+. The molecule has 12 heteroatoms. The van der Waals surface area contributed by atoms with Crippen LogP contribution in [0.5, 0.6) is 0 Å². The molecule has 1 spiro atoms. The number of hydrogen-bond acceptors (Lipinski definition) is 6. The maximum Gasteiger partial charge on any atom is 0.263 e. The Bertz CT molecular complexity index is 1540. The molecule has 5 aliphatic rings. The monoisotopic (exact) mass is 673 g/mol. The van der Waals surface area contributed by atoms with Crippen LogP contribution in [0.1, 0.15) is 76.1 Å². The molecule has 1 aliphatic carbocycles. The molecule has 3 saturated heterocycles. The van der Waals surface area contributed by atoms with Crippen LogP contribution in [0.4, 0.5) is 4.39 Å². The molecule has 1 aromatic heterocycles. The Kier molecular flexibility index (Phi) is 8.34. The first kappa shape index (κ1) is 31.2. The van der Waals surface area contributed by atoms with Gasteiger partial charge in [-0.1, -0.05) is 50.0 Å². The van der Waals surface area contributed by atoms with Gasteiger partial charge in [-0.25, -0.2) is 9.37 Å². The number of amides is 2. The van der Waals surface area contributed by atoms with E-state index in [2.05, 4.69) is 46.2 Å². The van der Waals surface area contributed by atoms with Crippen LogP contribution in [0.2, 0.25) is 10.2 Å². The number of likely N-dealkylation sites (tertiary alicyclic amines) is 1. The molecule has 45 heavy (non-hydrogen) atoms. The molecule has 4 fully saturated rings. The van der Waals surface area contributed by atoms with Crippen LogP contribution in [0.3, 0.4) is 0 Å². The largest absolute Gasteiger partial charge is 0.335 e. The van der Waals surface area contributed by atoms with Crippen LogP contribution < -0.4 is 10.6 Å². The SMILES string of the molecule is CC[C@@H]1CNC2(CC2)CN1C(=O)[C@@H]1CCCN1C(=O)C1=C(C(C)C)N2C([NH2+]C(c3ccc(Cl)nc3)[C@H]2c2ccc(Cl)c(F)c2)S1. The lowest BCUT2D eigenvalue weighted by Gasteiger charge is -2.42. The highest BCUT2D eigenvalue weighted by Crippen LogP contribution is 2.51. The minimum absolute atomic E-state index is 0.0145. The Morgan fingerprint density at radius 1 is 1.18 bits per heavy atom. The van der Waals surface area contributed by atoms with Crippen LogP contribution in [-0.4, -0.2) is 74.3 Å². The first-order valence-electron chi connectivity index (χ1n) is 16.1. The molecule has 2 aromatic rings. The Balaban J connectivity index is 1.22. The lowest BCUT2D eigenvalue weighted by molar-refractivity contribution is -0.695. The number of allylic oxidation sites excluding steroid dienone is 1. The summed E-state index contributed by atoms with van der Waals surface area (Å²) in [6.07, 6.45) is 6.35. The summed E-state index contributed by atoms with van der Waals surface area (Å²) in [7, 11) is 0. The van der Waals surface area contributed by atoms with Crippen LogP contribution in [0.25, 0.3) is 0 Å². The molecular weight excluding hydrogens is 634 g/mol. The van der Waals surface area contributed by atoms with Crippen molar-refractivity contribution in [2.75, 3.05) is 19.6 Å². The predicted octanol–water partition coefficient (Wildman–Crippen LogP) is 4.82. The second-order valence-electron chi connectivity index (χ2n) is 13.4. The average molecular weight is 675 g/mol. The fraction of sp³-hybridized carbons (Fsp3) is 0.545. The zero-order valence-electron chi connectivity index (χ0n) is 25.8. The molecule has 5 atom stereocenters. The van der Waals surface area contributed by atoms with Crippen molar-refractivity contribution in [3.05, 3.63) is 74.3 Å². The van der Waals surface area contributed by atoms with Crippen LogP contribution in [0.15, 0.2) is 47.1 Å². The van der Waals surface area contributed by atoms with Crippen molar-refractivity contribution in [1.29, 1.82) is 0 Å². The quantitative estimate of drug-likeness (QED) is 0.428. The van der Waals surface area contributed by atoms with E-state index in [1.54, 1.807) is 30.1 Å². The van der Waals surface area contributed by atoms with Gasteiger partial charge in [0, 0.05) is 48.7 Å². The summed E-state index contributed by atoms with van der Waals surface area (Å²) in [5, 5.41) is 6.37. The van der Waals surface area contributed by atoms with Crippen molar-refractivity contribution in [1.82, 2.24) is 25.0 Å². The van der Waals surface area contributed by atoms with E-state index in [0.29, 0.717) is 23.0 Å². The highest BCUT2D eigenvalue weighted by atomic mass is 35.5. The lowest BCUT2D eigenvalue weighted by Crippen LogP contribution is -2.87. The van der Waals surface area contributed by atoms with Gasteiger partial charge >= 0.3 is 0 Å². The van der Waals surface area contributed by atoms with Gasteiger partial charge in [0.05, 0.1) is 9.93 Å². The van der Waals surface area contributed by atoms with Gasteiger partial charge in [0.25, 0.3) is 5.91 Å². The molecule has 5 heterocycles. The Hall–Kier alpha value is -2.37. The number of nitrogens with zero attached hydrogens (tertiary/aromatic N) is 4. The number of nitrogens with two attached hydrogens (primary N) is 1. The third-order valence-corrected chi connectivity index (χ3v) is 12.0. The molecule has 1 saturated carbocycles. The number of nitrogens with one attached hydrogen (secondary N) is 1. The maximum atomic E-state index is 14.9. The van der Waals surface area contributed by atoms with E-state index in [1.807, 2.05) is 17.0 Å². The van der Waals surface area contributed by atoms with Gasteiger partial charge in [-0.15, -0.1) is 0 Å². The number of piperazine rings is 1. The number of pyridine rings is 1. The molecule has 240 valence electrons. The zero-order valence-corrected chi connectivity index (χ0v) is 28.1. The van der Waals surface area contributed by atoms with E-state index in [4.69, 9.17) is 23.2 Å². The molecule has 2 amide bonds. The van der Waals surface area contributed by atoms with Crippen molar-refractivity contribution in [3.8, 4) is 0 Å². The number of rotatable bonds is 6. The van der Waals surface area contributed by atoms with Crippen molar-refractivity contribution in [2.45, 2.75) is 88.1 Å². The van der Waals surface area contributed by atoms with Crippen LogP contribution >= 0.6 is 35.0 Å². The van der Waals surface area contributed by atoms with E-state index < -0.39 is 11.9 Å². The van der Waals surface area contributed by atoms with Crippen molar-refractivity contribution < 1.29 is 19.3 Å². The predicted molar refractivity (Wildman–Crippen MR) is 174 cm³/mol. The molecule has 3 N–H and O–H groups in total. The smallest absolute Gasteiger partial charge is 0.263 e. The van der Waals surface area contributed by atoms with Crippen molar-refractivity contribution in [3.63, 3.8) is 0 Å². The average Bonchev–Trinajstić information content (AvgIpc) is 3.36. The molecule has 7 rings (SSSR count). The minimum atomic E-state index is -0.478. The van der Waals surface area contributed by atoms with Gasteiger partial charge in [0.1, 0.15) is 29.1 Å². The summed E-state index contributed by atoms with van der Waals surface area (Å²) >= 11 is 13.8. The molecule has 1 aromatic carbocycles. The first-order valence-corrected chi connectivity index (χ1v) is 17.7. The summed E-state index contributed by atoms with van der Waals surface area (Å²) in [4.78, 5) is 39.9. The number of benzene rings is 1.